The summed E-state index contributed by atoms with van der Waals surface area (Å²) in [7, 11) is 0. The number of fused-ring (bicyclic) bond motifs is 1. The fourth-order valence-electron chi connectivity index (χ4n) is 2.00. The fraction of sp³-hybridized carbons (Fsp3) is 0.455. The standard InChI is InChI=1S/C11H14N2S/c1-7-5-11(3,4)6-8(2)10-9(7)12-14-13-10/h5-6H,1-4H3. The summed E-state index contributed by atoms with van der Waals surface area (Å²) in [5.41, 5.74) is 4.66. The van der Waals surface area contributed by atoms with E-state index >= 15 is 0 Å². The lowest BCUT2D eigenvalue weighted by Crippen LogP contribution is -2.02. The molecule has 1 heterocycles. The summed E-state index contributed by atoms with van der Waals surface area (Å²) in [5.74, 6) is 0. The van der Waals surface area contributed by atoms with Gasteiger partial charge in [0.05, 0.1) is 11.7 Å². The number of allylic oxidation sites excluding steroid dienone is 4. The molecule has 0 spiro atoms. The highest BCUT2D eigenvalue weighted by atomic mass is 32.1. The van der Waals surface area contributed by atoms with Crippen LogP contribution in [0.2, 0.25) is 0 Å². The van der Waals surface area contributed by atoms with Crippen LogP contribution in [-0.4, -0.2) is 8.75 Å². The molecule has 0 aliphatic heterocycles. The molecule has 0 fully saturated rings. The Labute approximate surface area is 88.7 Å². The second-order valence-corrected chi connectivity index (χ2v) is 4.97. The number of hydrogen-bond acceptors (Lipinski definition) is 3. The first kappa shape index (κ1) is 9.59. The van der Waals surface area contributed by atoms with Crippen molar-refractivity contribution >= 4 is 22.9 Å². The molecule has 14 heavy (non-hydrogen) atoms. The third-order valence-corrected chi connectivity index (χ3v) is 2.94. The third-order valence-electron chi connectivity index (χ3n) is 2.41. The summed E-state index contributed by atoms with van der Waals surface area (Å²) in [4.78, 5) is 0. The SMILES string of the molecule is CC1=CC(C)(C)C=C(C)c2nsnc21. The predicted molar refractivity (Wildman–Crippen MR) is 61.0 cm³/mol. The van der Waals surface area contributed by atoms with Crippen molar-refractivity contribution < 1.29 is 0 Å². The third kappa shape index (κ3) is 1.52. The van der Waals surface area contributed by atoms with E-state index < -0.39 is 0 Å². The summed E-state index contributed by atoms with van der Waals surface area (Å²) in [6, 6.07) is 0. The molecule has 3 heteroatoms. The first-order chi connectivity index (χ1) is 6.49. The van der Waals surface area contributed by atoms with Gasteiger partial charge >= 0.3 is 0 Å². The van der Waals surface area contributed by atoms with Crippen molar-refractivity contribution in [2.45, 2.75) is 27.7 Å². The zero-order valence-corrected chi connectivity index (χ0v) is 9.77. The number of hydrogen-bond donors (Lipinski definition) is 0. The molecule has 1 aliphatic carbocycles. The number of aromatic nitrogens is 2. The Balaban J connectivity index is 2.66. The van der Waals surface area contributed by atoms with Gasteiger partial charge in [-0.2, -0.15) is 8.75 Å². The molecule has 2 nitrogen and oxygen atoms in total. The minimum Gasteiger partial charge on any atom is -0.173 e. The molecule has 74 valence electrons. The van der Waals surface area contributed by atoms with E-state index in [-0.39, 0.29) is 5.41 Å². The van der Waals surface area contributed by atoms with Crippen LogP contribution in [0, 0.1) is 5.41 Å². The summed E-state index contributed by atoms with van der Waals surface area (Å²) in [6.07, 6.45) is 4.51. The molecule has 0 unspecified atom stereocenters. The molecule has 2 rings (SSSR count). The Morgan fingerprint density at radius 1 is 1.00 bits per heavy atom. The van der Waals surface area contributed by atoms with E-state index in [0.717, 1.165) is 11.4 Å². The maximum Gasteiger partial charge on any atom is 0.107 e. The first-order valence-electron chi connectivity index (χ1n) is 4.72. The van der Waals surface area contributed by atoms with Crippen molar-refractivity contribution in [2.75, 3.05) is 0 Å². The average Bonchev–Trinajstić information content (AvgIpc) is 2.45. The molecule has 0 radical (unpaired) electrons. The minimum absolute atomic E-state index is 0.105. The van der Waals surface area contributed by atoms with Crippen molar-refractivity contribution in [2.24, 2.45) is 5.41 Å². The van der Waals surface area contributed by atoms with E-state index in [1.807, 2.05) is 0 Å². The van der Waals surface area contributed by atoms with Crippen LogP contribution < -0.4 is 0 Å². The van der Waals surface area contributed by atoms with Crippen LogP contribution in [0.15, 0.2) is 12.2 Å². The van der Waals surface area contributed by atoms with Crippen molar-refractivity contribution in [1.29, 1.82) is 0 Å². The van der Waals surface area contributed by atoms with Gasteiger partial charge in [-0.3, -0.25) is 0 Å². The smallest absolute Gasteiger partial charge is 0.107 e. The van der Waals surface area contributed by atoms with Crippen LogP contribution in [0.25, 0.3) is 11.1 Å². The normalized spacial score (nSPS) is 19.4. The topological polar surface area (TPSA) is 25.8 Å². The van der Waals surface area contributed by atoms with Gasteiger partial charge in [-0.15, -0.1) is 0 Å². The monoisotopic (exact) mass is 206 g/mol. The van der Waals surface area contributed by atoms with Crippen LogP contribution >= 0.6 is 11.7 Å². The Hall–Kier alpha value is -0.960. The van der Waals surface area contributed by atoms with Crippen LogP contribution in [-0.2, 0) is 0 Å². The van der Waals surface area contributed by atoms with Gasteiger partial charge in [0, 0.05) is 5.41 Å². The maximum absolute atomic E-state index is 4.34. The summed E-state index contributed by atoms with van der Waals surface area (Å²) >= 11 is 1.29. The van der Waals surface area contributed by atoms with Crippen molar-refractivity contribution in [3.63, 3.8) is 0 Å². The molecule has 0 saturated carbocycles. The lowest BCUT2D eigenvalue weighted by atomic mass is 9.90. The van der Waals surface area contributed by atoms with Gasteiger partial charge in [0.2, 0.25) is 0 Å². The molecular formula is C11H14N2S. The molecule has 0 atom stereocenters. The highest BCUT2D eigenvalue weighted by Gasteiger charge is 2.21. The van der Waals surface area contributed by atoms with Crippen molar-refractivity contribution in [1.82, 2.24) is 8.75 Å². The zero-order chi connectivity index (χ0) is 10.3. The number of rotatable bonds is 0. The van der Waals surface area contributed by atoms with Gasteiger partial charge in [0.25, 0.3) is 0 Å². The van der Waals surface area contributed by atoms with Crippen LogP contribution in [0.1, 0.15) is 39.1 Å². The molecule has 1 aromatic heterocycles. The molecule has 1 aromatic rings. The Morgan fingerprint density at radius 2 is 1.43 bits per heavy atom. The van der Waals surface area contributed by atoms with Gasteiger partial charge in [-0.25, -0.2) is 0 Å². The molecule has 0 bridgehead atoms. The average molecular weight is 206 g/mol. The van der Waals surface area contributed by atoms with Crippen LogP contribution in [0.3, 0.4) is 0 Å². The van der Waals surface area contributed by atoms with Crippen molar-refractivity contribution in [3.05, 3.63) is 23.5 Å². The van der Waals surface area contributed by atoms with E-state index in [1.165, 1.54) is 22.9 Å². The summed E-state index contributed by atoms with van der Waals surface area (Å²) < 4.78 is 8.67. The van der Waals surface area contributed by atoms with Crippen molar-refractivity contribution in [3.8, 4) is 0 Å². The second-order valence-electron chi connectivity index (χ2n) is 4.44. The molecule has 0 amide bonds. The molecule has 1 aliphatic rings. The van der Waals surface area contributed by atoms with Gasteiger partial charge in [0.15, 0.2) is 0 Å². The Bertz CT molecular complexity index is 388. The largest absolute Gasteiger partial charge is 0.173 e. The van der Waals surface area contributed by atoms with E-state index in [0.29, 0.717) is 0 Å². The van der Waals surface area contributed by atoms with Gasteiger partial charge in [-0.05, 0) is 25.0 Å². The number of nitrogens with zero attached hydrogens (tertiary/aromatic N) is 2. The minimum atomic E-state index is 0.105. The highest BCUT2D eigenvalue weighted by Crippen LogP contribution is 2.34. The first-order valence-corrected chi connectivity index (χ1v) is 5.45. The summed E-state index contributed by atoms with van der Waals surface area (Å²) in [6.45, 7) is 8.62. The molecule has 0 N–H and O–H groups in total. The molecule has 0 aromatic carbocycles. The van der Waals surface area contributed by atoms with Crippen LogP contribution in [0.4, 0.5) is 0 Å². The highest BCUT2D eigenvalue weighted by molar-refractivity contribution is 6.99. The lowest BCUT2D eigenvalue weighted by Gasteiger charge is -2.14. The molecule has 0 saturated heterocycles. The van der Waals surface area contributed by atoms with E-state index in [2.05, 4.69) is 48.6 Å². The Kier molecular flexibility index (Phi) is 2.07. The van der Waals surface area contributed by atoms with Gasteiger partial charge in [0.1, 0.15) is 11.4 Å². The predicted octanol–water partition coefficient (Wildman–Crippen LogP) is 3.38. The lowest BCUT2D eigenvalue weighted by molar-refractivity contribution is 0.629. The van der Waals surface area contributed by atoms with Crippen LogP contribution in [0.5, 0.6) is 0 Å². The van der Waals surface area contributed by atoms with E-state index in [9.17, 15) is 0 Å². The van der Waals surface area contributed by atoms with E-state index in [1.54, 1.807) is 0 Å². The fourth-order valence-corrected chi connectivity index (χ4v) is 2.67. The quantitative estimate of drug-likeness (QED) is 0.650. The van der Waals surface area contributed by atoms with Gasteiger partial charge in [-0.1, -0.05) is 26.0 Å². The second kappa shape index (κ2) is 3.02. The zero-order valence-electron chi connectivity index (χ0n) is 8.96. The maximum atomic E-state index is 4.34. The molecular weight excluding hydrogens is 192 g/mol. The van der Waals surface area contributed by atoms with E-state index in [4.69, 9.17) is 0 Å². The Morgan fingerprint density at radius 3 is 1.86 bits per heavy atom. The van der Waals surface area contributed by atoms with Gasteiger partial charge < -0.3 is 0 Å². The summed E-state index contributed by atoms with van der Waals surface area (Å²) in [5, 5.41) is 0.